The number of carboxylic acids is 1. The zero-order valence-electron chi connectivity index (χ0n) is 12.3. The Kier molecular flexibility index (Phi) is 4.85. The molecule has 4 heteroatoms. The van der Waals surface area contributed by atoms with Crippen LogP contribution in [0.25, 0.3) is 0 Å². The van der Waals surface area contributed by atoms with Crippen LogP contribution in [-0.4, -0.2) is 47.2 Å². The molecule has 110 valence electrons. The highest BCUT2D eigenvalue weighted by molar-refractivity contribution is 5.79. The Balaban J connectivity index is 1.92. The Morgan fingerprint density at radius 3 is 2.37 bits per heavy atom. The summed E-state index contributed by atoms with van der Waals surface area (Å²) in [6.07, 6.45) is 6.26. The smallest absolute Gasteiger partial charge is 0.324 e. The van der Waals surface area contributed by atoms with E-state index in [1.807, 2.05) is 0 Å². The molecule has 0 amide bonds. The minimum atomic E-state index is -0.664. The Hall–Kier alpha value is -0.610. The maximum atomic E-state index is 11.7. The van der Waals surface area contributed by atoms with Crippen LogP contribution in [0.1, 0.15) is 52.4 Å². The summed E-state index contributed by atoms with van der Waals surface area (Å²) in [5.74, 6) is 0.00344. The van der Waals surface area contributed by atoms with Crippen molar-refractivity contribution in [2.24, 2.45) is 5.92 Å². The van der Waals surface area contributed by atoms with Gasteiger partial charge in [0.05, 0.1) is 0 Å². The van der Waals surface area contributed by atoms with Crippen LogP contribution < -0.4 is 5.32 Å². The van der Waals surface area contributed by atoms with Gasteiger partial charge in [-0.05, 0) is 31.6 Å². The summed E-state index contributed by atoms with van der Waals surface area (Å²) in [5, 5.41) is 13.1. The van der Waals surface area contributed by atoms with Crippen LogP contribution in [0.2, 0.25) is 0 Å². The second kappa shape index (κ2) is 6.23. The molecule has 1 saturated carbocycles. The molecule has 2 rings (SSSR count). The van der Waals surface area contributed by atoms with Crippen LogP contribution in [-0.2, 0) is 4.79 Å². The Morgan fingerprint density at radius 2 is 1.89 bits per heavy atom. The van der Waals surface area contributed by atoms with Gasteiger partial charge in [0.1, 0.15) is 5.54 Å². The van der Waals surface area contributed by atoms with E-state index in [9.17, 15) is 9.90 Å². The number of carboxylic acid groups (broad SMARTS) is 1. The molecule has 2 fully saturated rings. The van der Waals surface area contributed by atoms with Gasteiger partial charge < -0.3 is 10.0 Å². The van der Waals surface area contributed by atoms with Crippen LogP contribution >= 0.6 is 0 Å². The lowest BCUT2D eigenvalue weighted by Crippen LogP contribution is -2.60. The fourth-order valence-corrected chi connectivity index (χ4v) is 3.51. The molecule has 2 N–H and O–H groups in total. The molecule has 19 heavy (non-hydrogen) atoms. The average Bonchev–Trinajstić information content (AvgIpc) is 2.83. The molecular weight excluding hydrogens is 240 g/mol. The highest BCUT2D eigenvalue weighted by Crippen LogP contribution is 2.28. The van der Waals surface area contributed by atoms with Crippen LogP contribution in [0.15, 0.2) is 0 Å². The Bertz CT molecular complexity index is 303. The number of likely N-dealkylation sites (tertiary alicyclic amines) is 1. The summed E-state index contributed by atoms with van der Waals surface area (Å²) in [7, 11) is 0. The molecule has 0 aromatic heterocycles. The predicted molar refractivity (Wildman–Crippen MR) is 76.3 cm³/mol. The largest absolute Gasteiger partial charge is 0.480 e. The fraction of sp³-hybridized carbons (Fsp3) is 0.933. The fourth-order valence-electron chi connectivity index (χ4n) is 3.51. The van der Waals surface area contributed by atoms with Crippen molar-refractivity contribution in [2.75, 3.05) is 19.6 Å². The molecule has 0 atom stereocenters. The van der Waals surface area contributed by atoms with Crippen molar-refractivity contribution in [3.05, 3.63) is 0 Å². The van der Waals surface area contributed by atoms with Gasteiger partial charge in [-0.25, -0.2) is 0 Å². The molecule has 2 aliphatic rings. The topological polar surface area (TPSA) is 52.6 Å². The molecule has 1 aliphatic carbocycles. The van der Waals surface area contributed by atoms with E-state index in [1.165, 1.54) is 12.8 Å². The van der Waals surface area contributed by atoms with Crippen molar-refractivity contribution in [2.45, 2.75) is 64.0 Å². The molecule has 0 radical (unpaired) electrons. The van der Waals surface area contributed by atoms with E-state index in [1.54, 1.807) is 0 Å². The number of rotatable bonds is 5. The minimum absolute atomic E-state index is 0.424. The van der Waals surface area contributed by atoms with Gasteiger partial charge in [-0.1, -0.05) is 26.7 Å². The monoisotopic (exact) mass is 268 g/mol. The molecule has 1 aliphatic heterocycles. The zero-order valence-corrected chi connectivity index (χ0v) is 12.3. The first kappa shape index (κ1) is 14.8. The number of hydrogen-bond donors (Lipinski definition) is 2. The third kappa shape index (κ3) is 3.69. The third-order valence-corrected chi connectivity index (χ3v) is 4.58. The number of hydrogen-bond acceptors (Lipinski definition) is 3. The highest BCUT2D eigenvalue weighted by Gasteiger charge is 2.43. The molecule has 4 nitrogen and oxygen atoms in total. The number of nitrogens with zero attached hydrogens (tertiary/aromatic N) is 1. The van der Waals surface area contributed by atoms with Crippen LogP contribution in [0.3, 0.4) is 0 Å². The van der Waals surface area contributed by atoms with Crippen LogP contribution in [0, 0.1) is 5.92 Å². The molecule has 1 saturated heterocycles. The van der Waals surface area contributed by atoms with E-state index in [0.29, 0.717) is 12.0 Å². The van der Waals surface area contributed by atoms with E-state index in [2.05, 4.69) is 24.1 Å². The van der Waals surface area contributed by atoms with Crippen molar-refractivity contribution in [1.82, 2.24) is 10.2 Å². The first-order valence-electron chi connectivity index (χ1n) is 7.75. The van der Waals surface area contributed by atoms with Gasteiger partial charge in [0, 0.05) is 25.7 Å². The van der Waals surface area contributed by atoms with Gasteiger partial charge in [0.25, 0.3) is 0 Å². The average molecular weight is 268 g/mol. The molecule has 0 spiro atoms. The van der Waals surface area contributed by atoms with Crippen molar-refractivity contribution in [3.63, 3.8) is 0 Å². The molecule has 0 aromatic rings. The maximum Gasteiger partial charge on any atom is 0.324 e. The van der Waals surface area contributed by atoms with Crippen molar-refractivity contribution < 1.29 is 9.90 Å². The zero-order chi connectivity index (χ0) is 13.9. The lowest BCUT2D eigenvalue weighted by atomic mass is 9.86. The molecule has 0 bridgehead atoms. The van der Waals surface area contributed by atoms with E-state index in [0.717, 1.165) is 45.3 Å². The first-order valence-corrected chi connectivity index (χ1v) is 7.75. The Morgan fingerprint density at radius 1 is 1.32 bits per heavy atom. The molecule has 0 unspecified atom stereocenters. The van der Waals surface area contributed by atoms with E-state index < -0.39 is 11.5 Å². The third-order valence-electron chi connectivity index (χ3n) is 4.58. The lowest BCUT2D eigenvalue weighted by molar-refractivity contribution is -0.147. The highest BCUT2D eigenvalue weighted by atomic mass is 16.4. The second-order valence-electron chi connectivity index (χ2n) is 6.71. The van der Waals surface area contributed by atoms with E-state index >= 15 is 0 Å². The molecule has 1 heterocycles. The standard InChI is InChI=1S/C15H28N2O2/c1-12(2)11-17-9-7-15(8-10-17,14(18)19)16-13-5-3-4-6-13/h12-13,16H,3-11H2,1-2H3,(H,18,19). The molecular formula is C15H28N2O2. The van der Waals surface area contributed by atoms with Crippen LogP contribution in [0.5, 0.6) is 0 Å². The Labute approximate surface area is 116 Å². The molecule has 0 aromatic carbocycles. The number of piperidine rings is 1. The van der Waals surface area contributed by atoms with Gasteiger partial charge in [0.15, 0.2) is 0 Å². The lowest BCUT2D eigenvalue weighted by Gasteiger charge is -2.41. The summed E-state index contributed by atoms with van der Waals surface area (Å²) in [5.41, 5.74) is -0.664. The predicted octanol–water partition coefficient (Wildman–Crippen LogP) is 2.09. The summed E-state index contributed by atoms with van der Waals surface area (Å²) in [6, 6.07) is 0.424. The first-order chi connectivity index (χ1) is 9.02. The maximum absolute atomic E-state index is 11.7. The number of aliphatic carboxylic acids is 1. The summed E-state index contributed by atoms with van der Waals surface area (Å²) in [4.78, 5) is 14.1. The normalized spacial score (nSPS) is 25.0. The SMILES string of the molecule is CC(C)CN1CCC(NC2CCCC2)(C(=O)O)CC1. The quantitative estimate of drug-likeness (QED) is 0.801. The van der Waals surface area contributed by atoms with Gasteiger partial charge in [-0.15, -0.1) is 0 Å². The second-order valence-corrected chi connectivity index (χ2v) is 6.71. The van der Waals surface area contributed by atoms with Gasteiger partial charge in [-0.2, -0.15) is 0 Å². The minimum Gasteiger partial charge on any atom is -0.480 e. The van der Waals surface area contributed by atoms with E-state index in [4.69, 9.17) is 0 Å². The van der Waals surface area contributed by atoms with Gasteiger partial charge in [-0.3, -0.25) is 10.1 Å². The number of nitrogens with one attached hydrogen (secondary N) is 1. The van der Waals surface area contributed by atoms with Crippen LogP contribution in [0.4, 0.5) is 0 Å². The van der Waals surface area contributed by atoms with Crippen molar-refractivity contribution in [3.8, 4) is 0 Å². The van der Waals surface area contributed by atoms with E-state index in [-0.39, 0.29) is 0 Å². The van der Waals surface area contributed by atoms with Crippen molar-refractivity contribution in [1.29, 1.82) is 0 Å². The summed E-state index contributed by atoms with van der Waals surface area (Å²) >= 11 is 0. The van der Waals surface area contributed by atoms with Gasteiger partial charge in [0.2, 0.25) is 0 Å². The summed E-state index contributed by atoms with van der Waals surface area (Å²) in [6.45, 7) is 7.33. The van der Waals surface area contributed by atoms with Gasteiger partial charge >= 0.3 is 5.97 Å². The number of carbonyl (C=O) groups is 1. The summed E-state index contributed by atoms with van der Waals surface area (Å²) < 4.78 is 0. The van der Waals surface area contributed by atoms with Crippen molar-refractivity contribution >= 4 is 5.97 Å².